The molecule has 3 rings (SSSR count). The van der Waals surface area contributed by atoms with E-state index in [4.69, 9.17) is 4.74 Å². The van der Waals surface area contributed by atoms with Crippen LogP contribution in [0.4, 0.5) is 0 Å². The zero-order valence-electron chi connectivity index (χ0n) is 16.3. The highest BCUT2D eigenvalue weighted by molar-refractivity contribution is 9.10. The fourth-order valence-corrected chi connectivity index (χ4v) is 5.25. The topological polar surface area (TPSA) is 75.7 Å². The number of hydrogen-bond acceptors (Lipinski definition) is 4. The van der Waals surface area contributed by atoms with E-state index in [9.17, 15) is 13.2 Å². The van der Waals surface area contributed by atoms with E-state index in [1.165, 1.54) is 4.31 Å². The Kier molecular flexibility index (Phi) is 7.45. The van der Waals surface area contributed by atoms with Gasteiger partial charge in [0.2, 0.25) is 15.9 Å². The average Bonchev–Trinajstić information content (AvgIpc) is 2.73. The Morgan fingerprint density at radius 1 is 1.21 bits per heavy atom. The fraction of sp³-hybridized carbons (Fsp3) is 0.381. The largest absolute Gasteiger partial charge is 0.380 e. The van der Waals surface area contributed by atoms with Crippen molar-refractivity contribution in [3.63, 3.8) is 0 Å². The minimum absolute atomic E-state index is 0.113. The van der Waals surface area contributed by atoms with E-state index < -0.39 is 10.0 Å². The zero-order chi connectivity index (χ0) is 20.9. The summed E-state index contributed by atoms with van der Waals surface area (Å²) in [4.78, 5) is 12.9. The molecule has 1 amide bonds. The maximum Gasteiger partial charge on any atom is 0.243 e. The molecule has 1 N–H and O–H groups in total. The van der Waals surface area contributed by atoms with E-state index in [-0.39, 0.29) is 23.3 Å². The molecule has 1 unspecified atom stereocenters. The van der Waals surface area contributed by atoms with E-state index in [0.717, 1.165) is 15.6 Å². The van der Waals surface area contributed by atoms with Crippen LogP contribution >= 0.6 is 15.9 Å². The Labute approximate surface area is 180 Å². The third-order valence-corrected chi connectivity index (χ3v) is 7.38. The standard InChI is InChI=1S/C21H25BrN2O4S/c1-28-15-17-5-2-4-16(12-17)13-23-21(25)18-6-3-11-24(14-18)29(26,27)20-9-7-19(22)8-10-20/h2,4-5,7-10,12,18H,3,6,11,13-15H2,1H3,(H,23,25). The summed E-state index contributed by atoms with van der Waals surface area (Å²) in [7, 11) is -1.96. The van der Waals surface area contributed by atoms with Gasteiger partial charge in [0.15, 0.2) is 0 Å². The second-order valence-electron chi connectivity index (χ2n) is 7.13. The highest BCUT2D eigenvalue weighted by Crippen LogP contribution is 2.25. The van der Waals surface area contributed by atoms with Crippen molar-refractivity contribution in [2.45, 2.75) is 30.9 Å². The number of carbonyl (C=O) groups is 1. The van der Waals surface area contributed by atoms with Gasteiger partial charge in [0.1, 0.15) is 0 Å². The summed E-state index contributed by atoms with van der Waals surface area (Å²) in [5.74, 6) is -0.464. The molecule has 1 aliphatic heterocycles. The van der Waals surface area contributed by atoms with Crippen molar-refractivity contribution in [2.24, 2.45) is 5.92 Å². The number of methoxy groups -OCH3 is 1. The van der Waals surface area contributed by atoms with Gasteiger partial charge < -0.3 is 10.1 Å². The Balaban J connectivity index is 1.62. The van der Waals surface area contributed by atoms with Crippen LogP contribution in [-0.2, 0) is 32.7 Å². The van der Waals surface area contributed by atoms with E-state index in [1.54, 1.807) is 31.4 Å². The second-order valence-corrected chi connectivity index (χ2v) is 9.98. The summed E-state index contributed by atoms with van der Waals surface area (Å²) in [6, 6.07) is 14.4. The maximum atomic E-state index is 12.9. The van der Waals surface area contributed by atoms with Crippen LogP contribution in [0.15, 0.2) is 57.9 Å². The van der Waals surface area contributed by atoms with Gasteiger partial charge in [-0.05, 0) is 48.2 Å². The van der Waals surface area contributed by atoms with Crippen LogP contribution in [0, 0.1) is 5.92 Å². The number of sulfonamides is 1. The molecular weight excluding hydrogens is 456 g/mol. The van der Waals surface area contributed by atoms with Crippen LogP contribution in [0.1, 0.15) is 24.0 Å². The van der Waals surface area contributed by atoms with Crippen molar-refractivity contribution in [1.82, 2.24) is 9.62 Å². The first-order chi connectivity index (χ1) is 13.9. The SMILES string of the molecule is COCc1cccc(CNC(=O)C2CCCN(S(=O)(=O)c3ccc(Br)cc3)C2)c1. The molecule has 1 atom stereocenters. The lowest BCUT2D eigenvalue weighted by atomic mass is 9.98. The Bertz CT molecular complexity index is 947. The number of piperidine rings is 1. The van der Waals surface area contributed by atoms with Crippen molar-refractivity contribution >= 4 is 31.9 Å². The first kappa shape index (κ1) is 22.0. The van der Waals surface area contributed by atoms with E-state index in [2.05, 4.69) is 21.2 Å². The van der Waals surface area contributed by atoms with Gasteiger partial charge in [-0.25, -0.2) is 8.42 Å². The van der Waals surface area contributed by atoms with Crippen LogP contribution < -0.4 is 5.32 Å². The van der Waals surface area contributed by atoms with Crippen LogP contribution in [0.3, 0.4) is 0 Å². The van der Waals surface area contributed by atoms with Crippen molar-refractivity contribution in [1.29, 1.82) is 0 Å². The normalized spacial score (nSPS) is 17.8. The highest BCUT2D eigenvalue weighted by atomic mass is 79.9. The van der Waals surface area contributed by atoms with Gasteiger partial charge in [-0.15, -0.1) is 0 Å². The molecule has 1 saturated heterocycles. The predicted molar refractivity (Wildman–Crippen MR) is 115 cm³/mol. The second kappa shape index (κ2) is 9.84. The third kappa shape index (κ3) is 5.66. The lowest BCUT2D eigenvalue weighted by Gasteiger charge is -2.31. The minimum Gasteiger partial charge on any atom is -0.380 e. The lowest BCUT2D eigenvalue weighted by Crippen LogP contribution is -2.45. The summed E-state index contributed by atoms with van der Waals surface area (Å²) >= 11 is 3.32. The fourth-order valence-electron chi connectivity index (χ4n) is 3.46. The van der Waals surface area contributed by atoms with Crippen molar-refractivity contribution in [3.8, 4) is 0 Å². The first-order valence-electron chi connectivity index (χ1n) is 9.50. The number of carbonyl (C=O) groups excluding carboxylic acids is 1. The monoisotopic (exact) mass is 480 g/mol. The molecule has 0 spiro atoms. The van der Waals surface area contributed by atoms with Crippen molar-refractivity contribution < 1.29 is 17.9 Å². The number of nitrogens with one attached hydrogen (secondary N) is 1. The maximum absolute atomic E-state index is 12.9. The molecule has 1 aliphatic rings. The number of benzene rings is 2. The minimum atomic E-state index is -3.61. The van der Waals surface area contributed by atoms with Crippen LogP contribution in [0.2, 0.25) is 0 Å². The van der Waals surface area contributed by atoms with E-state index >= 15 is 0 Å². The third-order valence-electron chi connectivity index (χ3n) is 4.98. The highest BCUT2D eigenvalue weighted by Gasteiger charge is 2.33. The molecule has 1 fully saturated rings. The predicted octanol–water partition coefficient (Wildman–Crippen LogP) is 3.31. The molecule has 0 radical (unpaired) electrons. The molecule has 2 aromatic rings. The molecular formula is C21H25BrN2O4S. The number of ether oxygens (including phenoxy) is 1. The lowest BCUT2D eigenvalue weighted by molar-refractivity contribution is -0.126. The van der Waals surface area contributed by atoms with Gasteiger partial charge in [-0.2, -0.15) is 4.31 Å². The summed E-state index contributed by atoms with van der Waals surface area (Å²) in [6.07, 6.45) is 1.35. The van der Waals surface area contributed by atoms with Gasteiger partial charge in [0.05, 0.1) is 17.4 Å². The Morgan fingerprint density at radius 3 is 2.66 bits per heavy atom. The van der Waals surface area contributed by atoms with Crippen molar-refractivity contribution in [2.75, 3.05) is 20.2 Å². The number of nitrogens with zero attached hydrogens (tertiary/aromatic N) is 1. The molecule has 1 heterocycles. The summed E-state index contributed by atoms with van der Waals surface area (Å²) in [5.41, 5.74) is 2.03. The quantitative estimate of drug-likeness (QED) is 0.659. The van der Waals surface area contributed by atoms with Gasteiger partial charge in [0.25, 0.3) is 0 Å². The first-order valence-corrected chi connectivity index (χ1v) is 11.7. The number of rotatable bonds is 7. The van der Waals surface area contributed by atoms with E-state index in [0.29, 0.717) is 32.5 Å². The number of amides is 1. The molecule has 6 nitrogen and oxygen atoms in total. The van der Waals surface area contributed by atoms with Crippen LogP contribution in [-0.4, -0.2) is 38.8 Å². The molecule has 0 aromatic heterocycles. The molecule has 0 saturated carbocycles. The Hall–Kier alpha value is -1.74. The van der Waals surface area contributed by atoms with Crippen LogP contribution in [0.25, 0.3) is 0 Å². The molecule has 8 heteroatoms. The number of hydrogen-bond donors (Lipinski definition) is 1. The van der Waals surface area contributed by atoms with Gasteiger partial charge in [-0.3, -0.25) is 4.79 Å². The van der Waals surface area contributed by atoms with Gasteiger partial charge in [0, 0.05) is 31.2 Å². The van der Waals surface area contributed by atoms with Crippen molar-refractivity contribution in [3.05, 3.63) is 64.1 Å². The van der Waals surface area contributed by atoms with Gasteiger partial charge in [-0.1, -0.05) is 40.2 Å². The Morgan fingerprint density at radius 2 is 1.93 bits per heavy atom. The summed E-state index contributed by atoms with van der Waals surface area (Å²) in [5, 5.41) is 2.95. The molecule has 2 aromatic carbocycles. The summed E-state index contributed by atoms with van der Waals surface area (Å²) in [6.45, 7) is 1.56. The molecule has 0 aliphatic carbocycles. The number of halogens is 1. The average molecular weight is 481 g/mol. The van der Waals surface area contributed by atoms with E-state index in [1.807, 2.05) is 24.3 Å². The molecule has 156 valence electrons. The summed E-state index contributed by atoms with van der Waals surface area (Å²) < 4.78 is 33.2. The smallest absolute Gasteiger partial charge is 0.243 e. The van der Waals surface area contributed by atoms with Crippen LogP contribution in [0.5, 0.6) is 0 Å². The molecule has 0 bridgehead atoms. The molecule has 29 heavy (non-hydrogen) atoms. The zero-order valence-corrected chi connectivity index (χ0v) is 18.7. The van der Waals surface area contributed by atoms with Gasteiger partial charge >= 0.3 is 0 Å².